The Bertz CT molecular complexity index is 1360. The summed E-state index contributed by atoms with van der Waals surface area (Å²) in [6.45, 7) is -3.01. The lowest BCUT2D eigenvalue weighted by Gasteiger charge is -2.18. The Labute approximate surface area is 191 Å². The third kappa shape index (κ3) is 3.77. The van der Waals surface area contributed by atoms with Gasteiger partial charge in [0.1, 0.15) is 11.4 Å². The van der Waals surface area contributed by atoms with E-state index in [1.165, 1.54) is 31.5 Å². The van der Waals surface area contributed by atoms with Gasteiger partial charge in [-0.1, -0.05) is 11.6 Å². The molecular weight excluding hydrogens is 459 g/mol. The van der Waals surface area contributed by atoms with Crippen molar-refractivity contribution < 1.29 is 27.8 Å². The second kappa shape index (κ2) is 8.24. The predicted octanol–water partition coefficient (Wildman–Crippen LogP) is 5.37. The van der Waals surface area contributed by atoms with Gasteiger partial charge in [0.15, 0.2) is 5.82 Å². The second-order valence-electron chi connectivity index (χ2n) is 7.61. The van der Waals surface area contributed by atoms with E-state index in [1.54, 1.807) is 28.8 Å². The number of halogens is 4. The summed E-state index contributed by atoms with van der Waals surface area (Å²) < 4.78 is 51.6. The fraction of sp³-hybridized carbons (Fsp3) is 0.217. The number of imidazole rings is 1. The molecule has 1 aliphatic carbocycles. The van der Waals surface area contributed by atoms with Crippen molar-refractivity contribution >= 4 is 17.2 Å². The average molecular weight is 476 g/mol. The number of hydrogen-bond donors (Lipinski definition) is 1. The van der Waals surface area contributed by atoms with Crippen LogP contribution in [-0.4, -0.2) is 33.2 Å². The summed E-state index contributed by atoms with van der Waals surface area (Å²) in [4.78, 5) is 8.50. The van der Waals surface area contributed by atoms with Gasteiger partial charge in [-0.3, -0.25) is 0 Å². The van der Waals surface area contributed by atoms with E-state index in [4.69, 9.17) is 21.1 Å². The van der Waals surface area contributed by atoms with Crippen molar-refractivity contribution in [2.45, 2.75) is 25.1 Å². The number of alkyl halides is 2. The largest absolute Gasteiger partial charge is 0.479 e. The van der Waals surface area contributed by atoms with Gasteiger partial charge < -0.3 is 19.0 Å². The topological polar surface area (TPSA) is 68.9 Å². The standard InChI is InChI=1S/C23H17ClF3N3O3/c1-32-22-16(25)6-12(9-28-22)11-2-5-19-29-20-17(31)8-15(21(20)30(19)10-11)14-7-13(24)3-4-18(14)33-23(26)27/h2-7,9-10,15,17,23,31H,8H2,1H3/t15-,17-/m1/s1. The number of rotatable bonds is 5. The molecule has 0 saturated heterocycles. The fourth-order valence-corrected chi connectivity index (χ4v) is 4.47. The van der Waals surface area contributed by atoms with Crippen molar-refractivity contribution in [1.82, 2.24) is 14.4 Å². The summed E-state index contributed by atoms with van der Waals surface area (Å²) in [5.74, 6) is -1.24. The van der Waals surface area contributed by atoms with Gasteiger partial charge in [0.2, 0.25) is 5.88 Å². The highest BCUT2D eigenvalue weighted by Crippen LogP contribution is 2.47. The zero-order chi connectivity index (χ0) is 23.3. The lowest BCUT2D eigenvalue weighted by Crippen LogP contribution is -2.08. The number of methoxy groups -OCH3 is 1. The molecule has 0 bridgehead atoms. The summed E-state index contributed by atoms with van der Waals surface area (Å²) >= 11 is 6.15. The van der Waals surface area contributed by atoms with Crippen LogP contribution in [0.25, 0.3) is 16.8 Å². The van der Waals surface area contributed by atoms with E-state index in [9.17, 15) is 18.3 Å². The first-order chi connectivity index (χ1) is 15.9. The molecule has 0 spiro atoms. The van der Waals surface area contributed by atoms with Crippen molar-refractivity contribution in [3.8, 4) is 22.8 Å². The van der Waals surface area contributed by atoms with Gasteiger partial charge in [-0.2, -0.15) is 8.78 Å². The van der Waals surface area contributed by atoms with Crippen LogP contribution in [0.5, 0.6) is 11.6 Å². The van der Waals surface area contributed by atoms with Crippen LogP contribution >= 0.6 is 11.6 Å². The number of aliphatic hydroxyl groups is 1. The van der Waals surface area contributed by atoms with Gasteiger partial charge in [-0.05, 0) is 42.8 Å². The van der Waals surface area contributed by atoms with Crippen molar-refractivity contribution in [2.75, 3.05) is 7.11 Å². The lowest BCUT2D eigenvalue weighted by atomic mass is 9.95. The second-order valence-corrected chi connectivity index (χ2v) is 8.04. The number of fused-ring (bicyclic) bond motifs is 3. The van der Waals surface area contributed by atoms with Crippen LogP contribution in [0, 0.1) is 5.82 Å². The molecule has 0 saturated carbocycles. The number of aromatic nitrogens is 3. The summed E-state index contributed by atoms with van der Waals surface area (Å²) in [5.41, 5.74) is 3.20. The molecule has 1 N–H and O–H groups in total. The van der Waals surface area contributed by atoms with Crippen LogP contribution in [0.2, 0.25) is 5.02 Å². The minimum atomic E-state index is -3.01. The van der Waals surface area contributed by atoms with Crippen molar-refractivity contribution in [3.05, 3.63) is 76.6 Å². The maximum atomic E-state index is 14.2. The molecule has 0 aliphatic heterocycles. The van der Waals surface area contributed by atoms with Gasteiger partial charge >= 0.3 is 6.61 Å². The Morgan fingerprint density at radius 3 is 2.73 bits per heavy atom. The van der Waals surface area contributed by atoms with Gasteiger partial charge in [0.05, 0.1) is 24.6 Å². The van der Waals surface area contributed by atoms with E-state index in [0.717, 1.165) is 0 Å². The molecule has 33 heavy (non-hydrogen) atoms. The number of benzene rings is 1. The Morgan fingerprint density at radius 2 is 2.00 bits per heavy atom. The van der Waals surface area contributed by atoms with Crippen molar-refractivity contribution in [3.63, 3.8) is 0 Å². The summed E-state index contributed by atoms with van der Waals surface area (Å²) in [6.07, 6.45) is 2.56. The highest BCUT2D eigenvalue weighted by Gasteiger charge is 2.37. The molecule has 0 unspecified atom stereocenters. The molecule has 3 aromatic heterocycles. The molecular formula is C23H17ClF3N3O3. The SMILES string of the molecule is COc1ncc(-c2ccc3nc4c(n3c2)[C@@H](c2cc(Cl)ccc2OC(F)F)C[C@H]4O)cc1F. The van der Waals surface area contributed by atoms with Gasteiger partial charge in [0, 0.05) is 40.0 Å². The fourth-order valence-electron chi connectivity index (χ4n) is 4.29. The zero-order valence-corrected chi connectivity index (χ0v) is 17.9. The number of aliphatic hydroxyl groups excluding tert-OH is 1. The number of hydrogen-bond acceptors (Lipinski definition) is 5. The Morgan fingerprint density at radius 1 is 1.18 bits per heavy atom. The molecule has 10 heteroatoms. The summed E-state index contributed by atoms with van der Waals surface area (Å²) in [7, 11) is 1.33. The monoisotopic (exact) mass is 475 g/mol. The van der Waals surface area contributed by atoms with Crippen LogP contribution in [0.1, 0.15) is 35.4 Å². The quantitative estimate of drug-likeness (QED) is 0.420. The first kappa shape index (κ1) is 21.5. The smallest absolute Gasteiger partial charge is 0.387 e. The maximum absolute atomic E-state index is 14.2. The molecule has 170 valence electrons. The van der Waals surface area contributed by atoms with E-state index in [2.05, 4.69) is 9.97 Å². The van der Waals surface area contributed by atoms with Crippen LogP contribution in [0.15, 0.2) is 48.8 Å². The van der Waals surface area contributed by atoms with E-state index in [0.29, 0.717) is 38.7 Å². The Balaban J connectivity index is 1.65. The molecule has 0 fully saturated rings. The zero-order valence-electron chi connectivity index (χ0n) is 17.2. The lowest BCUT2D eigenvalue weighted by molar-refractivity contribution is -0.0506. The van der Waals surface area contributed by atoms with E-state index in [1.807, 2.05) is 0 Å². The van der Waals surface area contributed by atoms with E-state index in [-0.39, 0.29) is 18.1 Å². The minimum Gasteiger partial charge on any atom is -0.479 e. The highest BCUT2D eigenvalue weighted by molar-refractivity contribution is 6.30. The highest BCUT2D eigenvalue weighted by atomic mass is 35.5. The summed E-state index contributed by atoms with van der Waals surface area (Å²) in [6, 6.07) is 9.20. The molecule has 4 aromatic rings. The van der Waals surface area contributed by atoms with E-state index < -0.39 is 24.5 Å². The number of pyridine rings is 2. The van der Waals surface area contributed by atoms with Crippen molar-refractivity contribution in [1.29, 1.82) is 0 Å². The molecule has 6 nitrogen and oxygen atoms in total. The Kier molecular flexibility index (Phi) is 5.38. The molecule has 3 heterocycles. The van der Waals surface area contributed by atoms with Gasteiger partial charge in [0.25, 0.3) is 0 Å². The maximum Gasteiger partial charge on any atom is 0.387 e. The predicted molar refractivity (Wildman–Crippen MR) is 114 cm³/mol. The normalized spacial score (nSPS) is 17.5. The van der Waals surface area contributed by atoms with Crippen LogP contribution in [-0.2, 0) is 0 Å². The minimum absolute atomic E-state index is 0.0213. The average Bonchev–Trinajstić information content (AvgIpc) is 3.31. The molecule has 1 aliphatic rings. The molecule has 0 radical (unpaired) electrons. The first-order valence-corrected chi connectivity index (χ1v) is 10.4. The third-order valence-corrected chi connectivity index (χ3v) is 5.92. The Hall–Kier alpha value is -3.30. The summed E-state index contributed by atoms with van der Waals surface area (Å²) in [5, 5.41) is 11.0. The third-order valence-electron chi connectivity index (χ3n) is 5.69. The van der Waals surface area contributed by atoms with Crippen molar-refractivity contribution in [2.24, 2.45) is 0 Å². The van der Waals surface area contributed by atoms with Gasteiger partial charge in [-0.15, -0.1) is 0 Å². The van der Waals surface area contributed by atoms with Gasteiger partial charge in [-0.25, -0.2) is 14.4 Å². The number of ether oxygens (including phenoxy) is 2. The molecule has 0 amide bonds. The number of nitrogens with zero attached hydrogens (tertiary/aromatic N) is 3. The molecule has 2 atom stereocenters. The van der Waals surface area contributed by atoms with Crippen LogP contribution < -0.4 is 9.47 Å². The van der Waals surface area contributed by atoms with Crippen LogP contribution in [0.3, 0.4) is 0 Å². The first-order valence-electron chi connectivity index (χ1n) is 10.00. The van der Waals surface area contributed by atoms with E-state index >= 15 is 0 Å². The van der Waals surface area contributed by atoms with Crippen LogP contribution in [0.4, 0.5) is 13.2 Å². The molecule has 1 aromatic carbocycles. The molecule has 5 rings (SSSR count).